The van der Waals surface area contributed by atoms with Crippen molar-refractivity contribution in [3.8, 4) is 0 Å². The Labute approximate surface area is 211 Å². The molecule has 2 amide bonds. The van der Waals surface area contributed by atoms with Gasteiger partial charge in [-0.1, -0.05) is 30.3 Å². The summed E-state index contributed by atoms with van der Waals surface area (Å²) in [7, 11) is -4.12. The van der Waals surface area contributed by atoms with Crippen LogP contribution in [0.15, 0.2) is 52.4 Å². The van der Waals surface area contributed by atoms with Gasteiger partial charge in [-0.25, -0.2) is 8.42 Å². The van der Waals surface area contributed by atoms with E-state index in [1.54, 1.807) is 18.2 Å². The number of unbranched alkanes of at least 4 members (excludes halogenated alkanes) is 1. The summed E-state index contributed by atoms with van der Waals surface area (Å²) in [6.07, 6.45) is 1.08. The molecule has 196 valence electrons. The molecule has 2 aromatic carbocycles. The van der Waals surface area contributed by atoms with Gasteiger partial charge in [-0.05, 0) is 55.5 Å². The van der Waals surface area contributed by atoms with Gasteiger partial charge in [0.05, 0.1) is 11.0 Å². The van der Waals surface area contributed by atoms with E-state index in [4.69, 9.17) is 11.5 Å². The molecule has 1 aliphatic rings. The zero-order valence-electron chi connectivity index (χ0n) is 20.3. The molecule has 0 spiro atoms. The van der Waals surface area contributed by atoms with Crippen molar-refractivity contribution in [1.82, 2.24) is 14.9 Å². The number of aliphatic hydroxyl groups excluding tert-OH is 1. The zero-order chi connectivity index (χ0) is 26.3. The first kappa shape index (κ1) is 27.4. The van der Waals surface area contributed by atoms with Crippen LogP contribution in [0.1, 0.15) is 32.6 Å². The first-order valence-electron chi connectivity index (χ1n) is 11.9. The highest BCUT2D eigenvalue weighted by Crippen LogP contribution is 2.22. The number of carbonyl (C=O) groups is 2. The Hall–Kier alpha value is -3.22. The normalized spacial score (nSPS) is 17.5. The number of amides is 2. The number of guanidine groups is 1. The van der Waals surface area contributed by atoms with Gasteiger partial charge in [0.25, 0.3) is 0 Å². The lowest BCUT2D eigenvalue weighted by molar-refractivity contribution is -0.141. The topological polar surface area (TPSA) is 180 Å². The van der Waals surface area contributed by atoms with Crippen molar-refractivity contribution >= 4 is 38.6 Å². The van der Waals surface area contributed by atoms with E-state index >= 15 is 0 Å². The Kier molecular flexibility index (Phi) is 9.24. The van der Waals surface area contributed by atoms with E-state index in [1.807, 2.05) is 12.1 Å². The number of rotatable bonds is 11. The Morgan fingerprint density at radius 2 is 1.89 bits per heavy atom. The lowest BCUT2D eigenvalue weighted by Gasteiger charge is -2.30. The molecule has 7 N–H and O–H groups in total. The van der Waals surface area contributed by atoms with Crippen molar-refractivity contribution in [2.75, 3.05) is 19.6 Å². The number of hydrogen-bond donors (Lipinski definition) is 5. The highest BCUT2D eigenvalue weighted by molar-refractivity contribution is 7.89. The number of nitrogens with one attached hydrogen (secondary N) is 2. The van der Waals surface area contributed by atoms with Crippen molar-refractivity contribution in [1.29, 1.82) is 0 Å². The minimum Gasteiger partial charge on any atom is -0.391 e. The van der Waals surface area contributed by atoms with Crippen LogP contribution in [0.5, 0.6) is 0 Å². The Bertz CT molecular complexity index is 1210. The molecule has 1 saturated heterocycles. The zero-order valence-corrected chi connectivity index (χ0v) is 21.1. The first-order chi connectivity index (χ1) is 17.1. The summed E-state index contributed by atoms with van der Waals surface area (Å²) in [5.41, 5.74) is 10.6. The second-order valence-corrected chi connectivity index (χ2v) is 10.6. The Morgan fingerprint density at radius 1 is 1.17 bits per heavy atom. The molecule has 1 fully saturated rings. The smallest absolute Gasteiger partial charge is 0.244 e. The van der Waals surface area contributed by atoms with Crippen molar-refractivity contribution < 1.29 is 23.1 Å². The average molecular weight is 519 g/mol. The average Bonchev–Trinajstić information content (AvgIpc) is 3.33. The minimum absolute atomic E-state index is 0.0167. The van der Waals surface area contributed by atoms with Crippen LogP contribution in [0.4, 0.5) is 0 Å². The molecule has 3 atom stereocenters. The fraction of sp³-hybridized carbons (Fsp3) is 0.458. The lowest BCUT2D eigenvalue weighted by atomic mass is 10.1. The van der Waals surface area contributed by atoms with Crippen LogP contribution in [0.3, 0.4) is 0 Å². The molecular weight excluding hydrogens is 484 g/mol. The van der Waals surface area contributed by atoms with Gasteiger partial charge in [0.15, 0.2) is 5.96 Å². The highest BCUT2D eigenvalue weighted by Gasteiger charge is 2.40. The largest absolute Gasteiger partial charge is 0.391 e. The summed E-state index contributed by atoms with van der Waals surface area (Å²) >= 11 is 0. The molecular formula is C24H34N6O5S. The molecule has 12 heteroatoms. The summed E-state index contributed by atoms with van der Waals surface area (Å²) in [5, 5.41) is 14.7. The molecule has 0 saturated carbocycles. The summed E-state index contributed by atoms with van der Waals surface area (Å²) < 4.78 is 28.5. The van der Waals surface area contributed by atoms with Gasteiger partial charge in [0.2, 0.25) is 21.8 Å². The van der Waals surface area contributed by atoms with Gasteiger partial charge in [-0.3, -0.25) is 14.6 Å². The molecule has 0 radical (unpaired) electrons. The molecule has 11 nitrogen and oxygen atoms in total. The van der Waals surface area contributed by atoms with E-state index in [2.05, 4.69) is 15.0 Å². The van der Waals surface area contributed by atoms with Gasteiger partial charge in [0.1, 0.15) is 12.1 Å². The van der Waals surface area contributed by atoms with Gasteiger partial charge in [0, 0.05) is 19.6 Å². The van der Waals surface area contributed by atoms with Crippen molar-refractivity contribution in [3.05, 3.63) is 42.5 Å². The molecule has 0 bridgehead atoms. The van der Waals surface area contributed by atoms with Gasteiger partial charge >= 0.3 is 0 Å². The molecule has 3 rings (SSSR count). The number of nitrogens with two attached hydrogens (primary N) is 2. The summed E-state index contributed by atoms with van der Waals surface area (Å²) in [6, 6.07) is 9.79. The number of hydrogen-bond acceptors (Lipinski definition) is 6. The van der Waals surface area contributed by atoms with Gasteiger partial charge in [-0.2, -0.15) is 4.72 Å². The Morgan fingerprint density at radius 3 is 2.58 bits per heavy atom. The third-order valence-corrected chi connectivity index (χ3v) is 7.52. The molecule has 0 unspecified atom stereocenters. The van der Waals surface area contributed by atoms with Crippen LogP contribution in [0.25, 0.3) is 10.8 Å². The monoisotopic (exact) mass is 518 g/mol. The fourth-order valence-corrected chi connectivity index (χ4v) is 5.48. The van der Waals surface area contributed by atoms with Crippen LogP contribution in [-0.2, 0) is 19.6 Å². The molecule has 2 aromatic rings. The van der Waals surface area contributed by atoms with Crippen molar-refractivity contribution in [3.63, 3.8) is 0 Å². The third-order valence-electron chi connectivity index (χ3n) is 6.08. The maximum atomic E-state index is 13.3. The van der Waals surface area contributed by atoms with Crippen LogP contribution < -0.4 is 21.5 Å². The van der Waals surface area contributed by atoms with Gasteiger partial charge < -0.3 is 26.8 Å². The van der Waals surface area contributed by atoms with E-state index in [-0.39, 0.29) is 16.8 Å². The predicted molar refractivity (Wildman–Crippen MR) is 137 cm³/mol. The number of fused-ring (bicyclic) bond motifs is 1. The van der Waals surface area contributed by atoms with Gasteiger partial charge in [-0.15, -0.1) is 0 Å². The summed E-state index contributed by atoms with van der Waals surface area (Å²) in [6.45, 7) is 2.49. The van der Waals surface area contributed by atoms with E-state index in [9.17, 15) is 23.1 Å². The second-order valence-electron chi connectivity index (χ2n) is 8.84. The van der Waals surface area contributed by atoms with Crippen LogP contribution in [-0.4, -0.2) is 74.0 Å². The summed E-state index contributed by atoms with van der Waals surface area (Å²) in [5.74, 6) is -0.938. The van der Waals surface area contributed by atoms with Crippen LogP contribution >= 0.6 is 0 Å². The number of sulfonamides is 1. The van der Waals surface area contributed by atoms with Crippen LogP contribution in [0, 0.1) is 0 Å². The van der Waals surface area contributed by atoms with Crippen molar-refractivity contribution in [2.45, 2.75) is 55.7 Å². The number of likely N-dealkylation sites (tertiary alicyclic amines) is 1. The molecule has 36 heavy (non-hydrogen) atoms. The highest BCUT2D eigenvalue weighted by atomic mass is 32.2. The number of aliphatic hydroxyl groups is 1. The number of benzene rings is 2. The molecule has 1 heterocycles. The third kappa shape index (κ3) is 6.93. The first-order valence-corrected chi connectivity index (χ1v) is 13.4. The SMILES string of the molecule is C[C@H](O)[C@H](NS(=O)(=O)c1ccc2ccccc2c1)C(=O)N1CCC[C@H]1C(=O)NCCCCN=C(N)N. The summed E-state index contributed by atoms with van der Waals surface area (Å²) in [4.78, 5) is 31.3. The fourth-order valence-electron chi connectivity index (χ4n) is 4.18. The molecule has 1 aliphatic heterocycles. The van der Waals surface area contributed by atoms with E-state index < -0.39 is 34.1 Å². The lowest BCUT2D eigenvalue weighted by Crippen LogP contribution is -2.56. The number of aliphatic imine (C=N–C) groups is 1. The van der Waals surface area contributed by atoms with Crippen molar-refractivity contribution in [2.24, 2.45) is 16.5 Å². The minimum atomic E-state index is -4.12. The predicted octanol–water partition coefficient (Wildman–Crippen LogP) is 0.0283. The van der Waals surface area contributed by atoms with E-state index in [0.29, 0.717) is 45.3 Å². The number of carbonyl (C=O) groups excluding carboxylic acids is 2. The number of nitrogens with zero attached hydrogens (tertiary/aromatic N) is 2. The second kappa shape index (κ2) is 12.2. The maximum Gasteiger partial charge on any atom is 0.244 e. The standard InChI is InChI=1S/C24H34N6O5S/c1-16(31)21(29-36(34,35)19-11-10-17-7-2-3-8-18(17)15-19)23(33)30-14-6-9-20(30)22(32)27-12-4-5-13-28-24(25)26/h2-3,7-8,10-11,15-16,20-21,29,31H,4-6,9,12-14H2,1H3,(H,27,32)(H4,25,26,28)/t16-,20-,21-/m0/s1. The van der Waals surface area contributed by atoms with E-state index in [1.165, 1.54) is 24.0 Å². The Balaban J connectivity index is 1.66. The molecule has 0 aromatic heterocycles. The van der Waals surface area contributed by atoms with E-state index in [0.717, 1.165) is 10.8 Å². The maximum absolute atomic E-state index is 13.3. The van der Waals surface area contributed by atoms with Crippen LogP contribution in [0.2, 0.25) is 0 Å². The quantitative estimate of drug-likeness (QED) is 0.158. The molecule has 0 aliphatic carbocycles.